The third-order valence-corrected chi connectivity index (χ3v) is 6.23. The van der Waals surface area contributed by atoms with Gasteiger partial charge in [-0.15, -0.1) is 0 Å². The maximum Gasteiger partial charge on any atom is 0.272 e. The minimum atomic E-state index is -0.299. The lowest BCUT2D eigenvalue weighted by Crippen LogP contribution is -2.50. The monoisotopic (exact) mass is 458 g/mol. The number of aromatic nitrogens is 2. The van der Waals surface area contributed by atoms with Crippen LogP contribution >= 0.6 is 0 Å². The summed E-state index contributed by atoms with van der Waals surface area (Å²) in [6.07, 6.45) is 3.25. The van der Waals surface area contributed by atoms with Crippen molar-refractivity contribution in [1.29, 1.82) is 0 Å². The number of benzene rings is 3. The summed E-state index contributed by atoms with van der Waals surface area (Å²) in [7, 11) is 0. The van der Waals surface area contributed by atoms with E-state index in [0.29, 0.717) is 31.9 Å². The standard InChI is InChI=1S/C27H24F2N4O/c28-22-10-6-20(7-11-22)26(21-8-12-23(29)13-9-21)31-14-16-32(17-15-31)27(34)25-18-30-19-33(25)24-4-2-1-3-5-24/h1-13,18-19,26H,14-17H2. The van der Waals surface area contributed by atoms with Gasteiger partial charge in [0.25, 0.3) is 5.91 Å². The first-order chi connectivity index (χ1) is 16.6. The van der Waals surface area contributed by atoms with Crippen LogP contribution in [0.3, 0.4) is 0 Å². The van der Waals surface area contributed by atoms with Gasteiger partial charge >= 0.3 is 0 Å². The Morgan fingerprint density at radius 1 is 0.765 bits per heavy atom. The molecule has 7 heteroatoms. The molecule has 1 saturated heterocycles. The van der Waals surface area contributed by atoms with Crippen molar-refractivity contribution in [3.05, 3.63) is 120 Å². The lowest BCUT2D eigenvalue weighted by molar-refractivity contribution is 0.0589. The molecular weight excluding hydrogens is 434 g/mol. The second-order valence-electron chi connectivity index (χ2n) is 8.32. The van der Waals surface area contributed by atoms with E-state index in [1.165, 1.54) is 24.3 Å². The molecule has 0 saturated carbocycles. The quantitative estimate of drug-likeness (QED) is 0.436. The fourth-order valence-corrected chi connectivity index (χ4v) is 4.50. The SMILES string of the molecule is O=C(c1cncn1-c1ccccc1)N1CCN(C(c2ccc(F)cc2)c2ccc(F)cc2)CC1. The molecule has 1 fully saturated rings. The van der Waals surface area contributed by atoms with E-state index in [1.54, 1.807) is 41.4 Å². The van der Waals surface area contributed by atoms with Crippen LogP contribution in [-0.2, 0) is 0 Å². The van der Waals surface area contributed by atoms with Crippen LogP contribution in [0.2, 0.25) is 0 Å². The number of carbonyl (C=O) groups excluding carboxylic acids is 1. The van der Waals surface area contributed by atoms with Crippen molar-refractivity contribution in [2.24, 2.45) is 0 Å². The highest BCUT2D eigenvalue weighted by Crippen LogP contribution is 2.30. The van der Waals surface area contributed by atoms with Crippen LogP contribution in [0.1, 0.15) is 27.7 Å². The highest BCUT2D eigenvalue weighted by Gasteiger charge is 2.30. The molecular formula is C27H24F2N4O. The number of para-hydroxylation sites is 1. The largest absolute Gasteiger partial charge is 0.335 e. The van der Waals surface area contributed by atoms with Crippen LogP contribution in [0.5, 0.6) is 0 Å². The molecule has 5 nitrogen and oxygen atoms in total. The maximum absolute atomic E-state index is 13.6. The van der Waals surface area contributed by atoms with Crippen molar-refractivity contribution in [3.8, 4) is 5.69 Å². The van der Waals surface area contributed by atoms with Crippen molar-refractivity contribution in [1.82, 2.24) is 19.4 Å². The molecule has 0 spiro atoms. The van der Waals surface area contributed by atoms with Crippen molar-refractivity contribution < 1.29 is 13.6 Å². The van der Waals surface area contributed by atoms with Gasteiger partial charge in [-0.3, -0.25) is 14.3 Å². The molecule has 172 valence electrons. The van der Waals surface area contributed by atoms with Crippen LogP contribution < -0.4 is 0 Å². The van der Waals surface area contributed by atoms with Crippen molar-refractivity contribution in [2.45, 2.75) is 6.04 Å². The first kappa shape index (κ1) is 22.0. The second-order valence-corrected chi connectivity index (χ2v) is 8.32. The summed E-state index contributed by atoms with van der Waals surface area (Å²) >= 11 is 0. The third-order valence-electron chi connectivity index (χ3n) is 6.23. The van der Waals surface area contributed by atoms with Gasteiger partial charge in [0, 0.05) is 31.9 Å². The average Bonchev–Trinajstić information content (AvgIpc) is 3.37. The number of nitrogens with zero attached hydrogens (tertiary/aromatic N) is 4. The number of amides is 1. The fourth-order valence-electron chi connectivity index (χ4n) is 4.50. The number of piperazine rings is 1. The fraction of sp³-hybridized carbons (Fsp3) is 0.185. The van der Waals surface area contributed by atoms with Gasteiger partial charge in [-0.1, -0.05) is 42.5 Å². The van der Waals surface area contributed by atoms with Crippen LogP contribution in [0.15, 0.2) is 91.4 Å². The molecule has 1 aliphatic rings. The molecule has 4 aromatic rings. The first-order valence-electron chi connectivity index (χ1n) is 11.2. The molecule has 0 unspecified atom stereocenters. The van der Waals surface area contributed by atoms with E-state index >= 15 is 0 Å². The summed E-state index contributed by atoms with van der Waals surface area (Å²) in [6, 6.07) is 22.3. The zero-order valence-corrected chi connectivity index (χ0v) is 18.5. The van der Waals surface area contributed by atoms with Gasteiger partial charge in [0.05, 0.1) is 18.6 Å². The molecule has 34 heavy (non-hydrogen) atoms. The summed E-state index contributed by atoms with van der Waals surface area (Å²) in [5, 5.41) is 0. The van der Waals surface area contributed by atoms with Gasteiger partial charge < -0.3 is 4.90 Å². The zero-order chi connectivity index (χ0) is 23.5. The number of hydrogen-bond donors (Lipinski definition) is 0. The minimum Gasteiger partial charge on any atom is -0.335 e. The molecule has 5 rings (SSSR count). The molecule has 0 N–H and O–H groups in total. The lowest BCUT2D eigenvalue weighted by atomic mass is 9.96. The van der Waals surface area contributed by atoms with Gasteiger partial charge in [-0.05, 0) is 47.5 Å². The molecule has 2 heterocycles. The number of imidazole rings is 1. The predicted molar refractivity (Wildman–Crippen MR) is 126 cm³/mol. The van der Waals surface area contributed by atoms with E-state index in [2.05, 4.69) is 9.88 Å². The number of carbonyl (C=O) groups is 1. The van der Waals surface area contributed by atoms with Gasteiger partial charge in [0.15, 0.2) is 0 Å². The molecule has 0 radical (unpaired) electrons. The Morgan fingerprint density at radius 2 is 1.32 bits per heavy atom. The Hall–Kier alpha value is -3.84. The van der Waals surface area contributed by atoms with Crippen LogP contribution in [0.25, 0.3) is 5.69 Å². The zero-order valence-electron chi connectivity index (χ0n) is 18.5. The summed E-state index contributed by atoms with van der Waals surface area (Å²) in [5.41, 5.74) is 3.26. The number of rotatable bonds is 5. The summed E-state index contributed by atoms with van der Waals surface area (Å²) in [6.45, 7) is 2.34. The maximum atomic E-state index is 13.6. The van der Waals surface area contributed by atoms with E-state index in [0.717, 1.165) is 16.8 Å². The summed E-state index contributed by atoms with van der Waals surface area (Å²) in [5.74, 6) is -0.666. The molecule has 3 aromatic carbocycles. The Balaban J connectivity index is 1.35. The Kier molecular flexibility index (Phi) is 6.18. The second kappa shape index (κ2) is 9.57. The van der Waals surface area contributed by atoms with E-state index in [1.807, 2.05) is 35.2 Å². The van der Waals surface area contributed by atoms with E-state index < -0.39 is 0 Å². The topological polar surface area (TPSA) is 41.4 Å². The van der Waals surface area contributed by atoms with Crippen LogP contribution in [0.4, 0.5) is 8.78 Å². The highest BCUT2D eigenvalue weighted by atomic mass is 19.1. The van der Waals surface area contributed by atoms with Crippen LogP contribution in [0, 0.1) is 11.6 Å². The summed E-state index contributed by atoms with van der Waals surface area (Å²) in [4.78, 5) is 21.6. The third kappa shape index (κ3) is 4.47. The Labute approximate surface area is 196 Å². The molecule has 1 amide bonds. The minimum absolute atomic E-state index is 0.0684. The molecule has 0 bridgehead atoms. The van der Waals surface area contributed by atoms with Gasteiger partial charge in [0.2, 0.25) is 0 Å². The number of hydrogen-bond acceptors (Lipinski definition) is 3. The average molecular weight is 459 g/mol. The smallest absolute Gasteiger partial charge is 0.272 e. The Bertz CT molecular complexity index is 1200. The van der Waals surface area contributed by atoms with E-state index in [4.69, 9.17) is 0 Å². The van der Waals surface area contributed by atoms with Gasteiger partial charge in [-0.25, -0.2) is 13.8 Å². The van der Waals surface area contributed by atoms with Crippen molar-refractivity contribution in [2.75, 3.05) is 26.2 Å². The molecule has 0 atom stereocenters. The Morgan fingerprint density at radius 3 is 1.88 bits per heavy atom. The highest BCUT2D eigenvalue weighted by molar-refractivity contribution is 5.93. The molecule has 1 aromatic heterocycles. The number of halogens is 2. The predicted octanol–water partition coefficient (Wildman–Crippen LogP) is 4.70. The first-order valence-corrected chi connectivity index (χ1v) is 11.2. The normalized spacial score (nSPS) is 14.5. The molecule has 1 aliphatic heterocycles. The van der Waals surface area contributed by atoms with E-state index in [-0.39, 0.29) is 23.6 Å². The van der Waals surface area contributed by atoms with Gasteiger partial charge in [0.1, 0.15) is 17.3 Å². The summed E-state index contributed by atoms with van der Waals surface area (Å²) < 4.78 is 28.9. The van der Waals surface area contributed by atoms with Crippen LogP contribution in [-0.4, -0.2) is 51.4 Å². The van der Waals surface area contributed by atoms with E-state index in [9.17, 15) is 13.6 Å². The van der Waals surface area contributed by atoms with Crippen molar-refractivity contribution in [3.63, 3.8) is 0 Å². The molecule has 0 aliphatic carbocycles. The lowest BCUT2D eigenvalue weighted by Gasteiger charge is -2.39. The van der Waals surface area contributed by atoms with Gasteiger partial charge in [-0.2, -0.15) is 0 Å². The van der Waals surface area contributed by atoms with Crippen molar-refractivity contribution >= 4 is 5.91 Å².